The molecule has 0 aliphatic carbocycles. The second-order valence-electron chi connectivity index (χ2n) is 3.41. The van der Waals surface area contributed by atoms with E-state index >= 15 is 0 Å². The summed E-state index contributed by atoms with van der Waals surface area (Å²) < 4.78 is 120. The lowest BCUT2D eigenvalue weighted by atomic mass is 9.96. The van der Waals surface area contributed by atoms with Crippen LogP contribution in [0.3, 0.4) is 0 Å². The number of carboxylic acids is 1. The molecule has 1 unspecified atom stereocenters. The van der Waals surface area contributed by atoms with Gasteiger partial charge in [0.2, 0.25) is 0 Å². The van der Waals surface area contributed by atoms with Crippen molar-refractivity contribution in [3.8, 4) is 0 Å². The molecule has 2 nitrogen and oxygen atoms in total. The van der Waals surface area contributed by atoms with Crippen molar-refractivity contribution < 1.29 is 53.8 Å². The fourth-order valence-corrected chi connectivity index (χ4v) is 0.935. The van der Waals surface area contributed by atoms with Crippen LogP contribution in [0.15, 0.2) is 0 Å². The number of carbonyl (C=O) groups is 1. The summed E-state index contributed by atoms with van der Waals surface area (Å²) >= 11 is 0. The van der Waals surface area contributed by atoms with Gasteiger partial charge < -0.3 is 5.11 Å². The van der Waals surface area contributed by atoms with Gasteiger partial charge in [0.05, 0.1) is 0 Å². The van der Waals surface area contributed by atoms with Gasteiger partial charge in [-0.05, 0) is 0 Å². The van der Waals surface area contributed by atoms with Gasteiger partial charge in [0.1, 0.15) is 0 Å². The molecule has 1 N–H and O–H groups in total. The molecule has 0 aromatic carbocycles. The standard InChI is InChI=1S/C7H4F10O2/c8-4(9,6(13,14)7(15,16)17)1-2(3(18)19)5(10,11)12/h2H,1H2,(H,18,19). The predicted octanol–water partition coefficient (Wildman–Crippen LogP) is 3.47. The third kappa shape index (κ3) is 3.62. The first-order chi connectivity index (χ1) is 8.04. The Morgan fingerprint density at radius 1 is 0.895 bits per heavy atom. The van der Waals surface area contributed by atoms with Crippen LogP contribution in [-0.4, -0.2) is 35.3 Å². The molecule has 0 aromatic rings. The zero-order valence-electron chi connectivity index (χ0n) is 8.42. The zero-order chi connectivity index (χ0) is 15.9. The second-order valence-corrected chi connectivity index (χ2v) is 3.41. The molecule has 0 aromatic heterocycles. The minimum absolute atomic E-state index is 2.98. The van der Waals surface area contributed by atoms with Crippen molar-refractivity contribution >= 4 is 5.97 Å². The number of rotatable bonds is 4. The SMILES string of the molecule is O=C(O)C(CC(F)(F)C(F)(F)C(F)(F)F)C(F)(F)F. The van der Waals surface area contributed by atoms with Gasteiger partial charge in [0.25, 0.3) is 0 Å². The highest BCUT2D eigenvalue weighted by molar-refractivity contribution is 5.71. The van der Waals surface area contributed by atoms with Gasteiger partial charge in [-0.2, -0.15) is 43.9 Å². The summed E-state index contributed by atoms with van der Waals surface area (Å²) in [5.41, 5.74) is 0. The number of halogens is 10. The van der Waals surface area contributed by atoms with Crippen LogP contribution < -0.4 is 0 Å². The summed E-state index contributed by atoms with van der Waals surface area (Å²) in [4.78, 5) is 10.0. The molecule has 0 fully saturated rings. The van der Waals surface area contributed by atoms with E-state index in [1.807, 2.05) is 0 Å². The van der Waals surface area contributed by atoms with E-state index in [0.717, 1.165) is 0 Å². The Labute approximate surface area is 97.5 Å². The third-order valence-electron chi connectivity index (χ3n) is 1.97. The molecular weight excluding hydrogens is 306 g/mol. The van der Waals surface area contributed by atoms with Crippen molar-refractivity contribution in [3.63, 3.8) is 0 Å². The fraction of sp³-hybridized carbons (Fsp3) is 0.857. The third-order valence-corrected chi connectivity index (χ3v) is 1.97. The minimum atomic E-state index is -6.81. The van der Waals surface area contributed by atoms with Gasteiger partial charge in [0, 0.05) is 6.42 Å². The van der Waals surface area contributed by atoms with E-state index in [2.05, 4.69) is 0 Å². The summed E-state index contributed by atoms with van der Waals surface area (Å²) in [7, 11) is 0. The highest BCUT2D eigenvalue weighted by atomic mass is 19.4. The van der Waals surface area contributed by atoms with Crippen LogP contribution in [0.25, 0.3) is 0 Å². The van der Waals surface area contributed by atoms with Crippen LogP contribution in [0.2, 0.25) is 0 Å². The van der Waals surface area contributed by atoms with E-state index in [1.165, 1.54) is 0 Å². The summed E-state index contributed by atoms with van der Waals surface area (Å²) in [5, 5.41) is 7.96. The number of hydrogen-bond donors (Lipinski definition) is 1. The van der Waals surface area contributed by atoms with Crippen LogP contribution in [-0.2, 0) is 4.79 Å². The average Bonchev–Trinajstić information content (AvgIpc) is 2.09. The summed E-state index contributed by atoms with van der Waals surface area (Å²) in [6, 6.07) is 0. The summed E-state index contributed by atoms with van der Waals surface area (Å²) in [5.74, 6) is -20.0. The van der Waals surface area contributed by atoms with E-state index in [9.17, 15) is 48.7 Å². The van der Waals surface area contributed by atoms with E-state index in [1.54, 1.807) is 0 Å². The van der Waals surface area contributed by atoms with E-state index in [0.29, 0.717) is 0 Å². The first-order valence-corrected chi connectivity index (χ1v) is 4.16. The molecular formula is C7H4F10O2. The van der Waals surface area contributed by atoms with Crippen molar-refractivity contribution in [1.29, 1.82) is 0 Å². The van der Waals surface area contributed by atoms with Crippen molar-refractivity contribution in [2.24, 2.45) is 5.92 Å². The normalized spacial score (nSPS) is 16.3. The molecule has 0 aliphatic heterocycles. The number of alkyl halides is 10. The Morgan fingerprint density at radius 2 is 1.26 bits per heavy atom. The number of hydrogen-bond acceptors (Lipinski definition) is 1. The average molecular weight is 310 g/mol. The van der Waals surface area contributed by atoms with Gasteiger partial charge in [-0.1, -0.05) is 0 Å². The molecule has 0 rings (SSSR count). The second kappa shape index (κ2) is 4.71. The van der Waals surface area contributed by atoms with Crippen LogP contribution in [0, 0.1) is 5.92 Å². The van der Waals surface area contributed by atoms with Gasteiger partial charge in [-0.25, -0.2) is 0 Å². The maximum absolute atomic E-state index is 12.6. The largest absolute Gasteiger partial charge is 0.481 e. The van der Waals surface area contributed by atoms with Crippen LogP contribution in [0.4, 0.5) is 43.9 Å². The molecule has 0 radical (unpaired) electrons. The maximum Gasteiger partial charge on any atom is 0.459 e. The fourth-order valence-electron chi connectivity index (χ4n) is 0.935. The van der Waals surface area contributed by atoms with Crippen LogP contribution in [0.5, 0.6) is 0 Å². The summed E-state index contributed by atoms with van der Waals surface area (Å²) in [6.45, 7) is 0. The zero-order valence-corrected chi connectivity index (χ0v) is 8.42. The monoisotopic (exact) mass is 310 g/mol. The quantitative estimate of drug-likeness (QED) is 0.807. The molecule has 0 amide bonds. The Bertz CT molecular complexity index is 341. The Kier molecular flexibility index (Phi) is 4.40. The topological polar surface area (TPSA) is 37.3 Å². The molecule has 1 atom stereocenters. The molecule has 0 bridgehead atoms. The first-order valence-electron chi connectivity index (χ1n) is 4.16. The molecule has 0 saturated heterocycles. The van der Waals surface area contributed by atoms with Gasteiger partial charge in [0.15, 0.2) is 5.92 Å². The first kappa shape index (κ1) is 17.8. The van der Waals surface area contributed by atoms with E-state index in [-0.39, 0.29) is 0 Å². The van der Waals surface area contributed by atoms with Crippen molar-refractivity contribution in [2.45, 2.75) is 30.6 Å². The van der Waals surface area contributed by atoms with Crippen molar-refractivity contribution in [2.75, 3.05) is 0 Å². The Hall–Kier alpha value is -1.23. The molecule has 0 aliphatic rings. The molecule has 19 heavy (non-hydrogen) atoms. The molecule has 0 saturated carbocycles. The predicted molar refractivity (Wildman–Crippen MR) is 37.7 cm³/mol. The lowest BCUT2D eigenvalue weighted by Gasteiger charge is -2.30. The molecule has 114 valence electrons. The number of carboxylic acid groups (broad SMARTS) is 1. The Balaban J connectivity index is 5.41. The van der Waals surface area contributed by atoms with Crippen LogP contribution >= 0.6 is 0 Å². The van der Waals surface area contributed by atoms with Gasteiger partial charge >= 0.3 is 30.2 Å². The summed E-state index contributed by atoms with van der Waals surface area (Å²) in [6.07, 6.45) is -15.9. The Morgan fingerprint density at radius 3 is 1.47 bits per heavy atom. The van der Waals surface area contributed by atoms with Gasteiger partial charge in [-0.15, -0.1) is 0 Å². The minimum Gasteiger partial charge on any atom is -0.481 e. The highest BCUT2D eigenvalue weighted by Gasteiger charge is 2.74. The van der Waals surface area contributed by atoms with Crippen molar-refractivity contribution in [1.82, 2.24) is 0 Å². The van der Waals surface area contributed by atoms with E-state index < -0.39 is 42.5 Å². The lowest BCUT2D eigenvalue weighted by molar-refractivity contribution is -0.361. The molecule has 0 heterocycles. The molecule has 0 spiro atoms. The molecule has 12 heteroatoms. The van der Waals surface area contributed by atoms with Crippen molar-refractivity contribution in [3.05, 3.63) is 0 Å². The highest BCUT2D eigenvalue weighted by Crippen LogP contribution is 2.50. The smallest absolute Gasteiger partial charge is 0.459 e. The van der Waals surface area contributed by atoms with Crippen LogP contribution in [0.1, 0.15) is 6.42 Å². The number of aliphatic carboxylic acids is 1. The maximum atomic E-state index is 12.6. The van der Waals surface area contributed by atoms with Gasteiger partial charge in [-0.3, -0.25) is 4.79 Å². The lowest BCUT2D eigenvalue weighted by Crippen LogP contribution is -2.54. The van der Waals surface area contributed by atoms with E-state index in [4.69, 9.17) is 5.11 Å².